The highest BCUT2D eigenvalue weighted by atomic mass is 19.1. The molecule has 1 amide bonds. The maximum absolute atomic E-state index is 15.2. The number of hydrogen-bond donors (Lipinski definition) is 1. The van der Waals surface area contributed by atoms with Crippen LogP contribution >= 0.6 is 0 Å². The van der Waals surface area contributed by atoms with Crippen molar-refractivity contribution in [2.24, 2.45) is 11.3 Å². The van der Waals surface area contributed by atoms with E-state index in [1.165, 1.54) is 5.56 Å². The molecule has 0 saturated carbocycles. The van der Waals surface area contributed by atoms with Crippen LogP contribution in [0.2, 0.25) is 0 Å². The lowest BCUT2D eigenvalue weighted by atomic mass is 9.85. The number of halogens is 1. The van der Waals surface area contributed by atoms with Crippen molar-refractivity contribution < 1.29 is 13.9 Å². The van der Waals surface area contributed by atoms with Crippen LogP contribution in [-0.4, -0.2) is 36.7 Å². The van der Waals surface area contributed by atoms with Crippen molar-refractivity contribution in [3.8, 4) is 11.1 Å². The minimum absolute atomic E-state index is 0.0355. The maximum atomic E-state index is 15.2. The SMILES string of the molecule is CCc1ccc(-c2cc3c(cc2F)[C@H](NC(=O)O[C@@H]2CN4CCC2CC4)C(C)(C)C3)cc1. The van der Waals surface area contributed by atoms with Gasteiger partial charge >= 0.3 is 6.09 Å². The molecule has 0 spiro atoms. The zero-order valence-corrected chi connectivity index (χ0v) is 19.3. The Hall–Kier alpha value is -2.40. The quantitative estimate of drug-likeness (QED) is 0.688. The molecule has 2 aromatic carbocycles. The molecule has 1 aliphatic carbocycles. The molecule has 3 saturated heterocycles. The molecular formula is C27H33FN2O2. The van der Waals surface area contributed by atoms with Crippen LogP contribution in [0.3, 0.4) is 0 Å². The Morgan fingerprint density at radius 3 is 2.53 bits per heavy atom. The number of ether oxygens (including phenoxy) is 1. The van der Waals surface area contributed by atoms with E-state index >= 15 is 4.39 Å². The second-order valence-corrected chi connectivity index (χ2v) is 10.4. The summed E-state index contributed by atoms with van der Waals surface area (Å²) in [4.78, 5) is 15.2. The van der Waals surface area contributed by atoms with Gasteiger partial charge in [0, 0.05) is 12.1 Å². The molecule has 5 heteroatoms. The summed E-state index contributed by atoms with van der Waals surface area (Å²) in [6, 6.07) is 11.4. The Balaban J connectivity index is 1.35. The van der Waals surface area contributed by atoms with Crippen molar-refractivity contribution in [1.29, 1.82) is 0 Å². The van der Waals surface area contributed by atoms with Gasteiger partial charge in [-0.05, 0) is 84.5 Å². The summed E-state index contributed by atoms with van der Waals surface area (Å²) in [5.41, 5.74) is 4.50. The van der Waals surface area contributed by atoms with Gasteiger partial charge in [-0.1, -0.05) is 45.0 Å². The summed E-state index contributed by atoms with van der Waals surface area (Å²) < 4.78 is 21.1. The smallest absolute Gasteiger partial charge is 0.407 e. The van der Waals surface area contributed by atoms with E-state index < -0.39 is 0 Å². The van der Waals surface area contributed by atoms with Gasteiger partial charge in [-0.25, -0.2) is 9.18 Å². The second-order valence-electron chi connectivity index (χ2n) is 10.4. The number of carbonyl (C=O) groups is 1. The van der Waals surface area contributed by atoms with Crippen molar-refractivity contribution in [2.45, 2.75) is 58.6 Å². The minimum atomic E-state index is -0.380. The van der Waals surface area contributed by atoms with Gasteiger partial charge in [-0.2, -0.15) is 0 Å². The molecular weight excluding hydrogens is 403 g/mol. The molecule has 2 bridgehead atoms. The normalized spacial score (nSPS) is 27.8. The number of amides is 1. The van der Waals surface area contributed by atoms with Crippen molar-refractivity contribution in [3.63, 3.8) is 0 Å². The van der Waals surface area contributed by atoms with Crippen molar-refractivity contribution >= 4 is 6.09 Å². The molecule has 2 aromatic rings. The van der Waals surface area contributed by atoms with E-state index in [1.807, 2.05) is 18.2 Å². The molecule has 0 unspecified atom stereocenters. The molecule has 32 heavy (non-hydrogen) atoms. The molecule has 3 aliphatic heterocycles. The summed E-state index contributed by atoms with van der Waals surface area (Å²) in [5.74, 6) is 0.219. The maximum Gasteiger partial charge on any atom is 0.407 e. The number of carbonyl (C=O) groups excluding carboxylic acids is 1. The van der Waals surface area contributed by atoms with Crippen molar-refractivity contribution in [2.75, 3.05) is 19.6 Å². The number of nitrogens with one attached hydrogen (secondary N) is 1. The van der Waals surface area contributed by atoms with Gasteiger partial charge in [0.1, 0.15) is 11.9 Å². The Kier molecular flexibility index (Phi) is 5.48. The van der Waals surface area contributed by atoms with Gasteiger partial charge in [0.25, 0.3) is 0 Å². The number of hydrogen-bond acceptors (Lipinski definition) is 3. The number of alkyl carbamates (subject to hydrolysis) is 1. The van der Waals surface area contributed by atoms with Gasteiger partial charge in [0.2, 0.25) is 0 Å². The van der Waals surface area contributed by atoms with Crippen LogP contribution in [0, 0.1) is 17.2 Å². The van der Waals surface area contributed by atoms with E-state index in [1.54, 1.807) is 6.07 Å². The molecule has 3 fully saturated rings. The van der Waals surface area contributed by atoms with Crippen LogP contribution in [0.5, 0.6) is 0 Å². The van der Waals surface area contributed by atoms with Crippen LogP contribution in [0.25, 0.3) is 11.1 Å². The van der Waals surface area contributed by atoms with Gasteiger partial charge < -0.3 is 10.1 Å². The molecule has 0 aromatic heterocycles. The summed E-state index contributed by atoms with van der Waals surface area (Å²) >= 11 is 0. The number of piperidine rings is 3. The Bertz CT molecular complexity index is 1010. The Labute approximate surface area is 190 Å². The van der Waals surface area contributed by atoms with E-state index in [4.69, 9.17) is 4.74 Å². The fourth-order valence-corrected chi connectivity index (χ4v) is 5.82. The molecule has 1 N–H and O–H groups in total. The van der Waals surface area contributed by atoms with Crippen LogP contribution in [0.4, 0.5) is 9.18 Å². The lowest BCUT2D eigenvalue weighted by Gasteiger charge is -2.44. The number of aryl methyl sites for hydroxylation is 1. The first-order valence-electron chi connectivity index (χ1n) is 11.9. The Morgan fingerprint density at radius 2 is 1.91 bits per heavy atom. The minimum Gasteiger partial charge on any atom is -0.445 e. The van der Waals surface area contributed by atoms with Crippen LogP contribution < -0.4 is 5.32 Å². The van der Waals surface area contributed by atoms with Gasteiger partial charge in [0.15, 0.2) is 0 Å². The standard InChI is InChI=1S/C27H33FN2O2/c1-4-17-5-7-18(8-6-17)21-13-20-15-27(2,3)25(22(20)14-23(21)28)29-26(31)32-24-16-30-11-9-19(24)10-12-30/h5-8,13-14,19,24-25H,4,9-12,15-16H2,1-3H3,(H,29,31)/t24-,25+/m1/s1. The summed E-state index contributed by atoms with van der Waals surface area (Å²) in [6.07, 6.45) is 3.53. The lowest BCUT2D eigenvalue weighted by molar-refractivity contribution is -0.0349. The topological polar surface area (TPSA) is 41.6 Å². The molecule has 0 radical (unpaired) electrons. The van der Waals surface area contributed by atoms with E-state index in [0.29, 0.717) is 11.5 Å². The van der Waals surface area contributed by atoms with Gasteiger partial charge in [-0.15, -0.1) is 0 Å². The molecule has 6 rings (SSSR count). The molecule has 170 valence electrons. The summed E-state index contributed by atoms with van der Waals surface area (Å²) in [6.45, 7) is 9.41. The predicted octanol–water partition coefficient (Wildman–Crippen LogP) is 5.50. The fourth-order valence-electron chi connectivity index (χ4n) is 5.82. The van der Waals surface area contributed by atoms with E-state index in [-0.39, 0.29) is 29.5 Å². The third kappa shape index (κ3) is 3.92. The fraction of sp³-hybridized carbons (Fsp3) is 0.519. The first-order chi connectivity index (χ1) is 15.3. The lowest BCUT2D eigenvalue weighted by Crippen LogP contribution is -2.53. The number of rotatable bonds is 4. The van der Waals surface area contributed by atoms with Crippen molar-refractivity contribution in [1.82, 2.24) is 10.2 Å². The van der Waals surface area contributed by atoms with Crippen LogP contribution in [0.15, 0.2) is 36.4 Å². The highest BCUT2D eigenvalue weighted by molar-refractivity contribution is 5.70. The molecule has 4 nitrogen and oxygen atoms in total. The molecule has 4 aliphatic rings. The third-order valence-electron chi connectivity index (χ3n) is 7.76. The molecule has 3 heterocycles. The predicted molar refractivity (Wildman–Crippen MR) is 124 cm³/mol. The largest absolute Gasteiger partial charge is 0.445 e. The zero-order chi connectivity index (χ0) is 22.5. The number of fused-ring (bicyclic) bond motifs is 4. The van der Waals surface area contributed by atoms with Crippen LogP contribution in [0.1, 0.15) is 56.3 Å². The average Bonchev–Trinajstić information content (AvgIpc) is 3.03. The van der Waals surface area contributed by atoms with Crippen molar-refractivity contribution in [3.05, 3.63) is 58.9 Å². The van der Waals surface area contributed by atoms with E-state index in [2.05, 4.69) is 43.1 Å². The monoisotopic (exact) mass is 436 g/mol. The Morgan fingerprint density at radius 1 is 1.19 bits per heavy atom. The number of benzene rings is 2. The summed E-state index contributed by atoms with van der Waals surface area (Å²) in [5, 5.41) is 3.09. The summed E-state index contributed by atoms with van der Waals surface area (Å²) in [7, 11) is 0. The first kappa shape index (κ1) is 21.4. The van der Waals surface area contributed by atoms with E-state index in [0.717, 1.165) is 62.0 Å². The van der Waals surface area contributed by atoms with Gasteiger partial charge in [-0.3, -0.25) is 4.90 Å². The highest BCUT2D eigenvalue weighted by Gasteiger charge is 2.42. The van der Waals surface area contributed by atoms with Crippen LogP contribution in [-0.2, 0) is 17.6 Å². The molecule has 2 atom stereocenters. The highest BCUT2D eigenvalue weighted by Crippen LogP contribution is 2.47. The first-order valence-corrected chi connectivity index (χ1v) is 11.9. The third-order valence-corrected chi connectivity index (χ3v) is 7.76. The zero-order valence-electron chi connectivity index (χ0n) is 19.3. The van der Waals surface area contributed by atoms with E-state index in [9.17, 15) is 4.79 Å². The second kappa shape index (κ2) is 8.18. The average molecular weight is 437 g/mol. The number of nitrogens with zero attached hydrogens (tertiary/aromatic N) is 1. The van der Waals surface area contributed by atoms with Gasteiger partial charge in [0.05, 0.1) is 6.04 Å².